The normalized spacial score (nSPS) is 10.9. The molecule has 0 saturated carbocycles. The van der Waals surface area contributed by atoms with Gasteiger partial charge in [-0.3, -0.25) is 10.00 Å². The molecule has 0 aliphatic rings. The minimum absolute atomic E-state index is 0.210. The molecule has 3 aromatic rings. The summed E-state index contributed by atoms with van der Waals surface area (Å²) in [4.78, 5) is 11.8. The Hall–Kier alpha value is -2.22. The lowest BCUT2D eigenvalue weighted by Gasteiger charge is -2.14. The Morgan fingerprint density at radius 1 is 1.16 bits per heavy atom. The van der Waals surface area contributed by atoms with Crippen LogP contribution in [0.1, 0.15) is 30.7 Å². The largest absolute Gasteiger partial charge is 0.488 e. The van der Waals surface area contributed by atoms with Crippen LogP contribution in [0.3, 0.4) is 0 Å². The summed E-state index contributed by atoms with van der Waals surface area (Å²) in [6.45, 7) is 6.25. The molecule has 6 nitrogen and oxygen atoms in total. The number of nitrogens with one attached hydrogen (secondary N) is 1. The van der Waals surface area contributed by atoms with E-state index in [0.29, 0.717) is 34.8 Å². The number of hydrogen-bond donors (Lipinski definition) is 1. The molecule has 0 saturated heterocycles. The second kappa shape index (κ2) is 10.4. The first-order chi connectivity index (χ1) is 14.7. The highest BCUT2D eigenvalue weighted by Gasteiger charge is 2.13. The van der Waals surface area contributed by atoms with Gasteiger partial charge in [-0.05, 0) is 51.1 Å². The number of aryl methyl sites for hydroxylation is 1. The molecule has 31 heavy (non-hydrogen) atoms. The van der Waals surface area contributed by atoms with Crippen LogP contribution in [0.15, 0.2) is 46.9 Å². The van der Waals surface area contributed by atoms with Gasteiger partial charge < -0.3 is 9.47 Å². The van der Waals surface area contributed by atoms with Crippen LogP contribution in [-0.2, 0) is 17.9 Å². The first-order valence-electron chi connectivity index (χ1n) is 9.58. The Morgan fingerprint density at radius 2 is 1.94 bits per heavy atom. The molecule has 3 rings (SSSR count). The molecule has 0 radical (unpaired) electrons. The molecule has 1 N–H and O–H groups in total. The number of benzene rings is 2. The lowest BCUT2D eigenvalue weighted by atomic mass is 10.2. The fourth-order valence-corrected chi connectivity index (χ4v) is 3.72. The van der Waals surface area contributed by atoms with Gasteiger partial charge in [-0.25, -0.2) is 4.79 Å². The predicted octanol–water partition coefficient (Wildman–Crippen LogP) is 6.85. The molecule has 1 heterocycles. The van der Waals surface area contributed by atoms with E-state index in [9.17, 15) is 4.79 Å². The third-order valence-corrected chi connectivity index (χ3v) is 5.38. The quantitative estimate of drug-likeness (QED) is 0.365. The zero-order valence-corrected chi connectivity index (χ0v) is 20.4. The maximum absolute atomic E-state index is 11.8. The molecule has 0 spiro atoms. The third-order valence-electron chi connectivity index (χ3n) is 4.29. The van der Waals surface area contributed by atoms with Crippen LogP contribution >= 0.6 is 39.1 Å². The standard InChI is InChI=1S/C22H22BrCl2N3O3/c1-13(2)31-22(29)26-21-8-14(3)28(27-21)11-16-9-17(23)5-7-20(16)30-12-15-4-6-18(24)10-19(15)25/h4-10,13H,11-12H2,1-3H3,(H,26,27,29). The van der Waals surface area contributed by atoms with E-state index in [4.69, 9.17) is 32.7 Å². The van der Waals surface area contributed by atoms with Gasteiger partial charge >= 0.3 is 6.09 Å². The van der Waals surface area contributed by atoms with Gasteiger partial charge in [-0.1, -0.05) is 45.2 Å². The number of rotatable bonds is 7. The van der Waals surface area contributed by atoms with Crippen molar-refractivity contribution in [3.8, 4) is 5.75 Å². The monoisotopic (exact) mass is 525 g/mol. The SMILES string of the molecule is Cc1cc(NC(=O)OC(C)C)nn1Cc1cc(Br)ccc1OCc1ccc(Cl)cc1Cl. The van der Waals surface area contributed by atoms with Crippen molar-refractivity contribution in [2.45, 2.75) is 40.0 Å². The van der Waals surface area contributed by atoms with Crippen molar-refractivity contribution in [2.75, 3.05) is 5.32 Å². The van der Waals surface area contributed by atoms with Crippen LogP contribution < -0.4 is 10.1 Å². The molecule has 1 amide bonds. The average Bonchev–Trinajstić information content (AvgIpc) is 3.00. The van der Waals surface area contributed by atoms with Gasteiger partial charge in [-0.15, -0.1) is 0 Å². The number of carbonyl (C=O) groups excluding carboxylic acids is 1. The second-order valence-electron chi connectivity index (χ2n) is 7.18. The zero-order chi connectivity index (χ0) is 22.5. The van der Waals surface area contributed by atoms with Gasteiger partial charge in [0.05, 0.1) is 12.6 Å². The van der Waals surface area contributed by atoms with Crippen molar-refractivity contribution >= 4 is 51.0 Å². The fraction of sp³-hybridized carbons (Fsp3) is 0.273. The fourth-order valence-electron chi connectivity index (χ4n) is 2.85. The topological polar surface area (TPSA) is 65.4 Å². The average molecular weight is 527 g/mol. The van der Waals surface area contributed by atoms with Crippen molar-refractivity contribution in [3.05, 3.63) is 73.8 Å². The van der Waals surface area contributed by atoms with E-state index in [1.54, 1.807) is 36.7 Å². The molecule has 1 aromatic heterocycles. The highest BCUT2D eigenvalue weighted by molar-refractivity contribution is 9.10. The van der Waals surface area contributed by atoms with Crippen LogP contribution in [0.2, 0.25) is 10.0 Å². The lowest BCUT2D eigenvalue weighted by molar-refractivity contribution is 0.130. The molecule has 0 aliphatic heterocycles. The summed E-state index contributed by atoms with van der Waals surface area (Å²) >= 11 is 15.7. The first kappa shape index (κ1) is 23.4. The van der Waals surface area contributed by atoms with Crippen molar-refractivity contribution in [3.63, 3.8) is 0 Å². The first-order valence-corrected chi connectivity index (χ1v) is 11.1. The molecule has 0 fully saturated rings. The van der Waals surface area contributed by atoms with Gasteiger partial charge in [0.15, 0.2) is 5.82 Å². The summed E-state index contributed by atoms with van der Waals surface area (Å²) in [5.41, 5.74) is 2.64. The van der Waals surface area contributed by atoms with Crippen LogP contribution in [0.4, 0.5) is 10.6 Å². The number of hydrogen-bond acceptors (Lipinski definition) is 4. The summed E-state index contributed by atoms with van der Waals surface area (Å²) in [5, 5.41) is 8.24. The number of carbonyl (C=O) groups is 1. The van der Waals surface area contributed by atoms with Crippen molar-refractivity contribution in [2.24, 2.45) is 0 Å². The summed E-state index contributed by atoms with van der Waals surface area (Å²) in [6.07, 6.45) is -0.746. The van der Waals surface area contributed by atoms with Crippen molar-refractivity contribution in [1.29, 1.82) is 0 Å². The third kappa shape index (κ3) is 6.63. The van der Waals surface area contributed by atoms with Crippen LogP contribution in [0, 0.1) is 6.92 Å². The number of amides is 1. The van der Waals surface area contributed by atoms with Crippen LogP contribution in [-0.4, -0.2) is 22.0 Å². The molecular weight excluding hydrogens is 505 g/mol. The summed E-state index contributed by atoms with van der Waals surface area (Å²) in [7, 11) is 0. The molecule has 0 atom stereocenters. The maximum Gasteiger partial charge on any atom is 0.413 e. The van der Waals surface area contributed by atoms with Gasteiger partial charge in [0.1, 0.15) is 12.4 Å². The smallest absolute Gasteiger partial charge is 0.413 e. The Labute approximate surface area is 199 Å². The van der Waals surface area contributed by atoms with Gasteiger partial charge in [0.2, 0.25) is 0 Å². The molecule has 0 aliphatic carbocycles. The Balaban J connectivity index is 1.76. The molecule has 0 bridgehead atoms. The number of nitrogens with zero attached hydrogens (tertiary/aromatic N) is 2. The Morgan fingerprint density at radius 3 is 2.65 bits per heavy atom. The van der Waals surface area contributed by atoms with E-state index in [1.807, 2.05) is 31.2 Å². The van der Waals surface area contributed by atoms with Gasteiger partial charge in [-0.2, -0.15) is 5.10 Å². The molecule has 0 unspecified atom stereocenters. The summed E-state index contributed by atoms with van der Waals surface area (Å²) < 4.78 is 13.9. The van der Waals surface area contributed by atoms with E-state index in [-0.39, 0.29) is 6.10 Å². The number of aromatic nitrogens is 2. The maximum atomic E-state index is 11.8. The predicted molar refractivity (Wildman–Crippen MR) is 126 cm³/mol. The number of halogens is 3. The van der Waals surface area contributed by atoms with Gasteiger partial charge in [0, 0.05) is 37.4 Å². The van der Waals surface area contributed by atoms with E-state index >= 15 is 0 Å². The minimum Gasteiger partial charge on any atom is -0.488 e. The molecular formula is C22H22BrCl2N3O3. The van der Waals surface area contributed by atoms with Crippen molar-refractivity contribution in [1.82, 2.24) is 9.78 Å². The number of anilines is 1. The van der Waals surface area contributed by atoms with E-state index in [2.05, 4.69) is 26.3 Å². The summed E-state index contributed by atoms with van der Waals surface area (Å²) in [6, 6.07) is 12.9. The second-order valence-corrected chi connectivity index (χ2v) is 8.94. The van der Waals surface area contributed by atoms with Crippen molar-refractivity contribution < 1.29 is 14.3 Å². The van der Waals surface area contributed by atoms with Gasteiger partial charge in [0.25, 0.3) is 0 Å². The van der Waals surface area contributed by atoms with Crippen LogP contribution in [0.25, 0.3) is 0 Å². The zero-order valence-electron chi connectivity index (χ0n) is 17.3. The lowest BCUT2D eigenvalue weighted by Crippen LogP contribution is -2.18. The highest BCUT2D eigenvalue weighted by atomic mass is 79.9. The van der Waals surface area contributed by atoms with Crippen LogP contribution in [0.5, 0.6) is 5.75 Å². The van der Waals surface area contributed by atoms with E-state index < -0.39 is 6.09 Å². The molecule has 9 heteroatoms. The minimum atomic E-state index is -0.536. The highest BCUT2D eigenvalue weighted by Crippen LogP contribution is 2.28. The molecule has 164 valence electrons. The Kier molecular flexibility index (Phi) is 7.86. The Bertz CT molecular complexity index is 1090. The molecule has 2 aromatic carbocycles. The number of ether oxygens (including phenoxy) is 2. The summed E-state index contributed by atoms with van der Waals surface area (Å²) in [5.74, 6) is 1.13. The van der Waals surface area contributed by atoms with E-state index in [1.165, 1.54) is 0 Å². The van der Waals surface area contributed by atoms with E-state index in [0.717, 1.165) is 21.3 Å².